The Morgan fingerprint density at radius 2 is 2.29 bits per heavy atom. The molecule has 17 heavy (non-hydrogen) atoms. The Labute approximate surface area is 105 Å². The Bertz CT molecular complexity index is 345. The molecule has 94 valence electrons. The fraction of sp³-hybridized carbons (Fsp3) is 0.583. The highest BCUT2D eigenvalue weighted by Gasteiger charge is 2.23. The highest BCUT2D eigenvalue weighted by molar-refractivity contribution is 7.12. The summed E-state index contributed by atoms with van der Waals surface area (Å²) in [7, 11) is 0. The van der Waals surface area contributed by atoms with E-state index in [9.17, 15) is 4.79 Å². The van der Waals surface area contributed by atoms with Gasteiger partial charge in [-0.2, -0.15) is 0 Å². The van der Waals surface area contributed by atoms with E-state index in [4.69, 9.17) is 5.90 Å². The van der Waals surface area contributed by atoms with Crippen LogP contribution in [0.15, 0.2) is 17.5 Å². The molecule has 0 aliphatic carbocycles. The number of thiophene rings is 1. The topological polar surface area (TPSA) is 55.6 Å². The van der Waals surface area contributed by atoms with Crippen LogP contribution in [0.2, 0.25) is 0 Å². The first-order chi connectivity index (χ1) is 8.31. The summed E-state index contributed by atoms with van der Waals surface area (Å²) < 4.78 is 0. The van der Waals surface area contributed by atoms with Gasteiger partial charge in [-0.15, -0.1) is 11.3 Å². The van der Waals surface area contributed by atoms with Gasteiger partial charge < -0.3 is 9.74 Å². The average Bonchev–Trinajstić information content (AvgIpc) is 2.90. The zero-order valence-electron chi connectivity index (χ0n) is 9.80. The molecule has 1 aliphatic rings. The Hall–Kier alpha value is -0.910. The number of carbonyl (C=O) groups excluding carboxylic acids is 1. The first kappa shape index (κ1) is 12.5. The minimum atomic E-state index is 0.175. The van der Waals surface area contributed by atoms with Gasteiger partial charge in [-0.05, 0) is 36.6 Å². The Kier molecular flexibility index (Phi) is 4.53. The molecule has 0 radical (unpaired) electrons. The van der Waals surface area contributed by atoms with E-state index in [0.717, 1.165) is 37.2 Å². The van der Waals surface area contributed by atoms with E-state index >= 15 is 0 Å². The molecule has 0 spiro atoms. The first-order valence-corrected chi connectivity index (χ1v) is 6.83. The predicted molar refractivity (Wildman–Crippen MR) is 67.7 cm³/mol. The molecule has 1 aliphatic heterocycles. The lowest BCUT2D eigenvalue weighted by molar-refractivity contribution is 0.0655. The Balaban J connectivity index is 1.81. The number of likely N-dealkylation sites (tertiary alicyclic amines) is 1. The summed E-state index contributed by atoms with van der Waals surface area (Å²) in [5.74, 6) is 5.84. The van der Waals surface area contributed by atoms with Gasteiger partial charge in [0.2, 0.25) is 0 Å². The average molecular weight is 254 g/mol. The quantitative estimate of drug-likeness (QED) is 0.835. The van der Waals surface area contributed by atoms with Crippen molar-refractivity contribution in [1.82, 2.24) is 4.90 Å². The minimum Gasteiger partial charge on any atom is -0.338 e. The summed E-state index contributed by atoms with van der Waals surface area (Å²) in [6, 6.07) is 3.81. The van der Waals surface area contributed by atoms with Crippen molar-refractivity contribution in [2.24, 2.45) is 11.8 Å². The smallest absolute Gasteiger partial charge is 0.263 e. The third kappa shape index (κ3) is 3.28. The molecule has 1 aromatic rings. The maximum atomic E-state index is 12.1. The van der Waals surface area contributed by atoms with Crippen LogP contribution in [-0.2, 0) is 4.84 Å². The largest absolute Gasteiger partial charge is 0.338 e. The van der Waals surface area contributed by atoms with Crippen LogP contribution in [0.25, 0.3) is 0 Å². The van der Waals surface area contributed by atoms with Crippen molar-refractivity contribution in [3.8, 4) is 0 Å². The number of hydrogen-bond acceptors (Lipinski definition) is 4. The van der Waals surface area contributed by atoms with E-state index in [2.05, 4.69) is 4.84 Å². The lowest BCUT2D eigenvalue weighted by Crippen LogP contribution is -2.38. The highest BCUT2D eigenvalue weighted by Crippen LogP contribution is 2.22. The molecule has 0 atom stereocenters. The molecule has 2 heterocycles. The minimum absolute atomic E-state index is 0.175. The zero-order valence-corrected chi connectivity index (χ0v) is 10.6. The molecular weight excluding hydrogens is 236 g/mol. The van der Waals surface area contributed by atoms with Crippen molar-refractivity contribution in [1.29, 1.82) is 0 Å². The summed E-state index contributed by atoms with van der Waals surface area (Å²) in [5, 5.41) is 1.94. The number of rotatable bonds is 4. The van der Waals surface area contributed by atoms with Gasteiger partial charge in [-0.25, -0.2) is 5.90 Å². The third-order valence-electron chi connectivity index (χ3n) is 3.28. The summed E-state index contributed by atoms with van der Waals surface area (Å²) in [6.45, 7) is 2.32. The van der Waals surface area contributed by atoms with Crippen LogP contribution in [0, 0.1) is 5.92 Å². The SMILES string of the molecule is NOCCC1CCN(C(=O)c2cccs2)CC1. The van der Waals surface area contributed by atoms with Gasteiger partial charge in [-0.1, -0.05) is 6.07 Å². The summed E-state index contributed by atoms with van der Waals surface area (Å²) in [6.07, 6.45) is 3.11. The maximum absolute atomic E-state index is 12.1. The van der Waals surface area contributed by atoms with Crippen molar-refractivity contribution >= 4 is 17.2 Å². The molecule has 2 N–H and O–H groups in total. The van der Waals surface area contributed by atoms with Crippen LogP contribution < -0.4 is 5.90 Å². The van der Waals surface area contributed by atoms with Crippen LogP contribution in [0.5, 0.6) is 0 Å². The molecule has 2 rings (SSSR count). The van der Waals surface area contributed by atoms with Crippen molar-refractivity contribution in [2.45, 2.75) is 19.3 Å². The Morgan fingerprint density at radius 1 is 1.53 bits per heavy atom. The molecule has 0 unspecified atom stereocenters. The molecule has 1 saturated heterocycles. The number of hydrogen-bond donors (Lipinski definition) is 1. The molecule has 1 fully saturated rings. The van der Waals surface area contributed by atoms with Crippen molar-refractivity contribution in [3.05, 3.63) is 22.4 Å². The Morgan fingerprint density at radius 3 is 2.88 bits per heavy atom. The number of piperidine rings is 1. The standard InChI is InChI=1S/C12H18N2O2S/c13-16-8-5-10-3-6-14(7-4-10)12(15)11-2-1-9-17-11/h1-2,9-10H,3-8,13H2. The van der Waals surface area contributed by atoms with Crippen LogP contribution in [0.1, 0.15) is 28.9 Å². The van der Waals surface area contributed by atoms with Gasteiger partial charge in [0.25, 0.3) is 5.91 Å². The summed E-state index contributed by atoms with van der Waals surface area (Å²) >= 11 is 1.51. The molecule has 1 aromatic heterocycles. The molecule has 0 aromatic carbocycles. The number of nitrogens with two attached hydrogens (primary N) is 1. The van der Waals surface area contributed by atoms with Crippen LogP contribution in [-0.4, -0.2) is 30.5 Å². The van der Waals surface area contributed by atoms with Crippen LogP contribution >= 0.6 is 11.3 Å². The van der Waals surface area contributed by atoms with E-state index in [0.29, 0.717) is 12.5 Å². The van der Waals surface area contributed by atoms with Gasteiger partial charge in [0.05, 0.1) is 11.5 Å². The lowest BCUT2D eigenvalue weighted by atomic mass is 9.94. The summed E-state index contributed by atoms with van der Waals surface area (Å²) in [4.78, 5) is 19.5. The van der Waals surface area contributed by atoms with Crippen LogP contribution in [0.4, 0.5) is 0 Å². The van der Waals surface area contributed by atoms with E-state index in [-0.39, 0.29) is 5.91 Å². The van der Waals surface area contributed by atoms with Gasteiger partial charge in [0, 0.05) is 13.1 Å². The van der Waals surface area contributed by atoms with Gasteiger partial charge in [0.1, 0.15) is 0 Å². The van der Waals surface area contributed by atoms with Crippen molar-refractivity contribution in [2.75, 3.05) is 19.7 Å². The molecule has 0 bridgehead atoms. The van der Waals surface area contributed by atoms with Gasteiger partial charge in [-0.3, -0.25) is 4.79 Å². The van der Waals surface area contributed by atoms with Crippen molar-refractivity contribution < 1.29 is 9.63 Å². The van der Waals surface area contributed by atoms with Crippen molar-refractivity contribution in [3.63, 3.8) is 0 Å². The van der Waals surface area contributed by atoms with E-state index in [1.807, 2.05) is 22.4 Å². The van der Waals surface area contributed by atoms with Crippen LogP contribution in [0.3, 0.4) is 0 Å². The van der Waals surface area contributed by atoms with E-state index in [1.54, 1.807) is 0 Å². The molecule has 5 heteroatoms. The van der Waals surface area contributed by atoms with Gasteiger partial charge >= 0.3 is 0 Å². The molecule has 4 nitrogen and oxygen atoms in total. The lowest BCUT2D eigenvalue weighted by Gasteiger charge is -2.31. The molecule has 0 saturated carbocycles. The highest BCUT2D eigenvalue weighted by atomic mass is 32.1. The second-order valence-corrected chi connectivity index (χ2v) is 5.32. The normalized spacial score (nSPS) is 17.4. The maximum Gasteiger partial charge on any atom is 0.263 e. The number of nitrogens with zero attached hydrogens (tertiary/aromatic N) is 1. The van der Waals surface area contributed by atoms with Gasteiger partial charge in [0.15, 0.2) is 0 Å². The monoisotopic (exact) mass is 254 g/mol. The second kappa shape index (κ2) is 6.14. The third-order valence-corrected chi connectivity index (χ3v) is 4.14. The first-order valence-electron chi connectivity index (χ1n) is 5.95. The number of amides is 1. The number of carbonyl (C=O) groups is 1. The zero-order chi connectivity index (χ0) is 12.1. The predicted octanol–water partition coefficient (Wildman–Crippen LogP) is 1.88. The fourth-order valence-electron chi connectivity index (χ4n) is 2.22. The fourth-order valence-corrected chi connectivity index (χ4v) is 2.91. The second-order valence-electron chi connectivity index (χ2n) is 4.37. The molecule has 1 amide bonds. The summed E-state index contributed by atoms with van der Waals surface area (Å²) in [5.41, 5.74) is 0. The molecular formula is C12H18N2O2S. The van der Waals surface area contributed by atoms with E-state index in [1.165, 1.54) is 11.3 Å². The van der Waals surface area contributed by atoms with E-state index < -0.39 is 0 Å².